The van der Waals surface area contributed by atoms with Crippen LogP contribution in [0, 0.1) is 11.7 Å². The van der Waals surface area contributed by atoms with Gasteiger partial charge in [0.2, 0.25) is 5.91 Å². The highest BCUT2D eigenvalue weighted by atomic mass is 79.9. The van der Waals surface area contributed by atoms with E-state index in [-0.39, 0.29) is 23.1 Å². The Bertz CT molecular complexity index is 462. The van der Waals surface area contributed by atoms with Gasteiger partial charge in [-0.05, 0) is 31.0 Å². The number of alkyl halides is 1. The molecule has 1 aromatic carbocycles. The van der Waals surface area contributed by atoms with Gasteiger partial charge in [-0.1, -0.05) is 28.1 Å². The second-order valence-electron chi connectivity index (χ2n) is 4.41. The summed E-state index contributed by atoms with van der Waals surface area (Å²) < 4.78 is 17.6. The second kappa shape index (κ2) is 7.99. The molecule has 0 aliphatic rings. The van der Waals surface area contributed by atoms with E-state index in [2.05, 4.69) is 21.2 Å². The molecular weight excluding hydrogens is 329 g/mol. The standard InChI is InChI=1S/C14H17BrFNO3/c1-9(15)13(18)17-8-11(14(19)20-2)7-10-3-5-12(16)6-4-10/h3-6,9,11H,7-8H2,1-2H3,(H,17,18). The van der Waals surface area contributed by atoms with E-state index in [1.165, 1.54) is 19.2 Å². The van der Waals surface area contributed by atoms with Crippen molar-refractivity contribution in [3.63, 3.8) is 0 Å². The summed E-state index contributed by atoms with van der Waals surface area (Å²) in [5, 5.41) is 2.67. The van der Waals surface area contributed by atoms with Gasteiger partial charge >= 0.3 is 5.97 Å². The molecule has 0 aliphatic heterocycles. The third-order valence-electron chi connectivity index (χ3n) is 2.81. The third-order valence-corrected chi connectivity index (χ3v) is 3.23. The molecule has 0 aromatic heterocycles. The number of benzene rings is 1. The number of amides is 1. The number of hydrogen-bond acceptors (Lipinski definition) is 3. The number of rotatable bonds is 6. The molecular formula is C14H17BrFNO3. The summed E-state index contributed by atoms with van der Waals surface area (Å²) in [4.78, 5) is 22.9. The zero-order valence-electron chi connectivity index (χ0n) is 11.4. The molecule has 0 spiro atoms. The Morgan fingerprint density at radius 2 is 1.95 bits per heavy atom. The van der Waals surface area contributed by atoms with Crippen molar-refractivity contribution < 1.29 is 18.7 Å². The number of esters is 1. The van der Waals surface area contributed by atoms with Crippen molar-refractivity contribution in [1.29, 1.82) is 0 Å². The van der Waals surface area contributed by atoms with Crippen LogP contribution in [0.4, 0.5) is 4.39 Å². The van der Waals surface area contributed by atoms with Gasteiger partial charge in [0.1, 0.15) is 5.82 Å². The fraction of sp³-hybridized carbons (Fsp3) is 0.429. The van der Waals surface area contributed by atoms with Crippen molar-refractivity contribution in [2.75, 3.05) is 13.7 Å². The quantitative estimate of drug-likeness (QED) is 0.634. The Hall–Kier alpha value is -1.43. The molecule has 0 saturated carbocycles. The Morgan fingerprint density at radius 1 is 1.35 bits per heavy atom. The molecule has 1 aromatic rings. The summed E-state index contributed by atoms with van der Waals surface area (Å²) in [6, 6.07) is 5.89. The predicted octanol–water partition coefficient (Wildman–Crippen LogP) is 2.06. The van der Waals surface area contributed by atoms with E-state index in [0.717, 1.165) is 5.56 Å². The minimum absolute atomic E-state index is 0.179. The Morgan fingerprint density at radius 3 is 2.45 bits per heavy atom. The van der Waals surface area contributed by atoms with E-state index in [9.17, 15) is 14.0 Å². The molecule has 1 N–H and O–H groups in total. The first-order valence-electron chi connectivity index (χ1n) is 6.18. The lowest BCUT2D eigenvalue weighted by Gasteiger charge is -2.16. The van der Waals surface area contributed by atoms with Crippen molar-refractivity contribution in [2.45, 2.75) is 18.2 Å². The maximum atomic E-state index is 12.8. The number of ether oxygens (including phenoxy) is 1. The van der Waals surface area contributed by atoms with E-state index >= 15 is 0 Å². The first kappa shape index (κ1) is 16.6. The average Bonchev–Trinajstić information content (AvgIpc) is 2.44. The summed E-state index contributed by atoms with van der Waals surface area (Å²) in [5.41, 5.74) is 0.808. The van der Waals surface area contributed by atoms with Crippen LogP contribution < -0.4 is 5.32 Å². The first-order valence-corrected chi connectivity index (χ1v) is 7.09. The van der Waals surface area contributed by atoms with Gasteiger partial charge in [0.05, 0.1) is 17.9 Å². The molecule has 0 fully saturated rings. The summed E-state index contributed by atoms with van der Waals surface area (Å²) in [6.45, 7) is 1.88. The topological polar surface area (TPSA) is 55.4 Å². The van der Waals surface area contributed by atoms with Crippen LogP contribution >= 0.6 is 15.9 Å². The zero-order chi connectivity index (χ0) is 15.1. The molecule has 4 nitrogen and oxygen atoms in total. The molecule has 0 radical (unpaired) electrons. The fourth-order valence-electron chi connectivity index (χ4n) is 1.67. The van der Waals surface area contributed by atoms with Crippen LogP contribution in [-0.4, -0.2) is 30.4 Å². The highest BCUT2D eigenvalue weighted by molar-refractivity contribution is 9.10. The maximum Gasteiger partial charge on any atom is 0.310 e. The molecule has 1 amide bonds. The van der Waals surface area contributed by atoms with Gasteiger partial charge in [-0.25, -0.2) is 4.39 Å². The van der Waals surface area contributed by atoms with E-state index in [0.29, 0.717) is 6.42 Å². The number of halogens is 2. The van der Waals surface area contributed by atoms with Crippen LogP contribution in [0.5, 0.6) is 0 Å². The molecule has 1 rings (SSSR count). The van der Waals surface area contributed by atoms with Gasteiger partial charge in [-0.2, -0.15) is 0 Å². The molecule has 0 aliphatic carbocycles. The summed E-state index contributed by atoms with van der Waals surface area (Å²) >= 11 is 3.15. The van der Waals surface area contributed by atoms with Crippen molar-refractivity contribution in [3.05, 3.63) is 35.6 Å². The van der Waals surface area contributed by atoms with Crippen molar-refractivity contribution >= 4 is 27.8 Å². The van der Waals surface area contributed by atoms with Gasteiger partial charge in [0.25, 0.3) is 0 Å². The second-order valence-corrected chi connectivity index (χ2v) is 5.79. The summed E-state index contributed by atoms with van der Waals surface area (Å²) in [5.74, 6) is -1.43. The number of nitrogens with one attached hydrogen (secondary N) is 1. The first-order chi connectivity index (χ1) is 9.43. The van der Waals surface area contributed by atoms with E-state index in [1.807, 2.05) is 0 Å². The Balaban J connectivity index is 2.67. The highest BCUT2D eigenvalue weighted by Gasteiger charge is 2.21. The smallest absolute Gasteiger partial charge is 0.310 e. The Labute approximate surface area is 125 Å². The lowest BCUT2D eigenvalue weighted by atomic mass is 9.99. The molecule has 2 atom stereocenters. The lowest BCUT2D eigenvalue weighted by Crippen LogP contribution is -2.37. The molecule has 110 valence electrons. The SMILES string of the molecule is COC(=O)C(CNC(=O)C(C)Br)Cc1ccc(F)cc1. The minimum Gasteiger partial charge on any atom is -0.469 e. The number of carbonyl (C=O) groups is 2. The molecule has 6 heteroatoms. The minimum atomic E-state index is -0.499. The largest absolute Gasteiger partial charge is 0.469 e. The van der Waals surface area contributed by atoms with E-state index in [4.69, 9.17) is 4.74 Å². The molecule has 2 unspecified atom stereocenters. The normalized spacial score (nSPS) is 13.4. The molecule has 0 bridgehead atoms. The van der Waals surface area contributed by atoms with Crippen LogP contribution in [0.3, 0.4) is 0 Å². The number of methoxy groups -OCH3 is 1. The zero-order valence-corrected chi connectivity index (χ0v) is 12.9. The average molecular weight is 346 g/mol. The maximum absolute atomic E-state index is 12.8. The Kier molecular flexibility index (Phi) is 6.64. The lowest BCUT2D eigenvalue weighted by molar-refractivity contribution is -0.145. The van der Waals surface area contributed by atoms with Crippen LogP contribution in [0.25, 0.3) is 0 Å². The number of hydrogen-bond donors (Lipinski definition) is 1. The van der Waals surface area contributed by atoms with E-state index in [1.54, 1.807) is 19.1 Å². The highest BCUT2D eigenvalue weighted by Crippen LogP contribution is 2.11. The monoisotopic (exact) mass is 345 g/mol. The van der Waals surface area contributed by atoms with Crippen molar-refractivity contribution in [1.82, 2.24) is 5.32 Å². The van der Waals surface area contributed by atoms with Crippen LogP contribution in [0.2, 0.25) is 0 Å². The van der Waals surface area contributed by atoms with Crippen LogP contribution in [0.15, 0.2) is 24.3 Å². The summed E-state index contributed by atoms with van der Waals surface area (Å²) in [7, 11) is 1.30. The third kappa shape index (κ3) is 5.28. The van der Waals surface area contributed by atoms with Gasteiger partial charge < -0.3 is 10.1 Å². The van der Waals surface area contributed by atoms with Crippen molar-refractivity contribution in [3.8, 4) is 0 Å². The summed E-state index contributed by atoms with van der Waals surface area (Å²) in [6.07, 6.45) is 0.379. The molecule has 20 heavy (non-hydrogen) atoms. The fourth-order valence-corrected chi connectivity index (χ4v) is 1.84. The van der Waals surface area contributed by atoms with Crippen molar-refractivity contribution in [2.24, 2.45) is 5.92 Å². The van der Waals surface area contributed by atoms with Gasteiger partial charge in [-0.3, -0.25) is 9.59 Å². The van der Waals surface area contributed by atoms with E-state index < -0.39 is 11.9 Å². The van der Waals surface area contributed by atoms with Gasteiger partial charge in [0, 0.05) is 6.54 Å². The molecule has 0 saturated heterocycles. The van der Waals surface area contributed by atoms with Gasteiger partial charge in [0.15, 0.2) is 0 Å². The van der Waals surface area contributed by atoms with Gasteiger partial charge in [-0.15, -0.1) is 0 Å². The number of carbonyl (C=O) groups excluding carboxylic acids is 2. The van der Waals surface area contributed by atoms with Crippen LogP contribution in [-0.2, 0) is 20.7 Å². The van der Waals surface area contributed by atoms with Crippen LogP contribution in [0.1, 0.15) is 12.5 Å². The predicted molar refractivity (Wildman–Crippen MR) is 77.0 cm³/mol. The molecule has 0 heterocycles.